The molecule has 2 rings (SSSR count). The third-order valence-electron chi connectivity index (χ3n) is 4.15. The molecule has 1 aliphatic heterocycles. The van der Waals surface area contributed by atoms with E-state index < -0.39 is 9.84 Å². The van der Waals surface area contributed by atoms with Crippen LogP contribution < -0.4 is 5.73 Å². The van der Waals surface area contributed by atoms with Crippen LogP contribution in [0, 0.1) is 0 Å². The molecule has 1 aliphatic carbocycles. The molecular weight excluding hydrogens is 252 g/mol. The summed E-state index contributed by atoms with van der Waals surface area (Å²) in [6, 6.07) is 0.386. The van der Waals surface area contributed by atoms with Crippen LogP contribution in [0.4, 0.5) is 0 Å². The first-order chi connectivity index (χ1) is 8.50. The van der Waals surface area contributed by atoms with E-state index in [0.29, 0.717) is 19.2 Å². The Morgan fingerprint density at radius 3 is 2.83 bits per heavy atom. The molecule has 6 heteroatoms. The zero-order chi connectivity index (χ0) is 13.2. The van der Waals surface area contributed by atoms with Gasteiger partial charge in [0.1, 0.15) is 9.84 Å². The van der Waals surface area contributed by atoms with E-state index in [1.54, 1.807) is 0 Å². The van der Waals surface area contributed by atoms with Gasteiger partial charge in [-0.1, -0.05) is 6.42 Å². The van der Waals surface area contributed by atoms with Gasteiger partial charge in [-0.15, -0.1) is 0 Å². The molecule has 1 saturated carbocycles. The summed E-state index contributed by atoms with van der Waals surface area (Å²) in [5, 5.41) is -0.157. The molecule has 2 fully saturated rings. The van der Waals surface area contributed by atoms with Crippen LogP contribution in [0.3, 0.4) is 0 Å². The highest BCUT2D eigenvalue weighted by atomic mass is 32.2. The van der Waals surface area contributed by atoms with Gasteiger partial charge in [0.05, 0.1) is 18.0 Å². The SMILES string of the molecule is CS(=O)(=O)C1CCCC(N2CCOC(CN)C2)C1. The van der Waals surface area contributed by atoms with Gasteiger partial charge in [-0.05, 0) is 19.3 Å². The number of nitrogens with zero attached hydrogens (tertiary/aromatic N) is 1. The van der Waals surface area contributed by atoms with Gasteiger partial charge >= 0.3 is 0 Å². The van der Waals surface area contributed by atoms with Crippen molar-refractivity contribution in [1.82, 2.24) is 4.90 Å². The third kappa shape index (κ3) is 3.44. The lowest BCUT2D eigenvalue weighted by Crippen LogP contribution is -2.51. The second kappa shape index (κ2) is 5.86. The molecule has 0 spiro atoms. The number of hydrogen-bond acceptors (Lipinski definition) is 5. The molecule has 3 atom stereocenters. The topological polar surface area (TPSA) is 72.6 Å². The predicted molar refractivity (Wildman–Crippen MR) is 71.3 cm³/mol. The highest BCUT2D eigenvalue weighted by Gasteiger charge is 2.33. The van der Waals surface area contributed by atoms with Crippen molar-refractivity contribution in [2.45, 2.75) is 43.1 Å². The van der Waals surface area contributed by atoms with Gasteiger partial charge in [-0.3, -0.25) is 4.90 Å². The normalized spacial score (nSPS) is 35.6. The Bertz CT molecular complexity index is 372. The largest absolute Gasteiger partial charge is 0.374 e. The van der Waals surface area contributed by atoms with Crippen LogP contribution in [-0.2, 0) is 14.6 Å². The lowest BCUT2D eigenvalue weighted by atomic mass is 9.93. The summed E-state index contributed by atoms with van der Waals surface area (Å²) in [6.07, 6.45) is 5.17. The number of ether oxygens (including phenoxy) is 1. The average molecular weight is 276 g/mol. The van der Waals surface area contributed by atoms with Crippen molar-refractivity contribution in [1.29, 1.82) is 0 Å². The van der Waals surface area contributed by atoms with E-state index >= 15 is 0 Å². The standard InChI is InChI=1S/C12H24N2O3S/c1-18(15,16)12-4-2-3-10(7-12)14-5-6-17-11(8-13)9-14/h10-12H,2-9,13H2,1H3. The van der Waals surface area contributed by atoms with E-state index in [1.165, 1.54) is 6.26 Å². The molecule has 106 valence electrons. The van der Waals surface area contributed by atoms with Gasteiger partial charge in [0.15, 0.2) is 0 Å². The summed E-state index contributed by atoms with van der Waals surface area (Å²) in [5.41, 5.74) is 5.64. The summed E-state index contributed by atoms with van der Waals surface area (Å²) in [7, 11) is -2.90. The maximum atomic E-state index is 11.7. The smallest absolute Gasteiger partial charge is 0.150 e. The van der Waals surface area contributed by atoms with Gasteiger partial charge in [0.2, 0.25) is 0 Å². The van der Waals surface area contributed by atoms with Gasteiger partial charge < -0.3 is 10.5 Å². The van der Waals surface area contributed by atoms with Crippen molar-refractivity contribution in [2.75, 3.05) is 32.5 Å². The maximum Gasteiger partial charge on any atom is 0.150 e. The van der Waals surface area contributed by atoms with Crippen LogP contribution in [0.15, 0.2) is 0 Å². The predicted octanol–water partition coefficient (Wildman–Crippen LogP) is 0.00170. The monoisotopic (exact) mass is 276 g/mol. The summed E-state index contributed by atoms with van der Waals surface area (Å²) in [5.74, 6) is 0. The first-order valence-corrected chi connectivity index (χ1v) is 8.70. The fourth-order valence-corrected chi connectivity index (χ4v) is 4.22. The minimum atomic E-state index is -2.90. The first-order valence-electron chi connectivity index (χ1n) is 6.75. The van der Waals surface area contributed by atoms with Crippen molar-refractivity contribution in [3.05, 3.63) is 0 Å². The van der Waals surface area contributed by atoms with Crippen LogP contribution in [-0.4, -0.2) is 63.2 Å². The number of hydrogen-bond donors (Lipinski definition) is 1. The molecule has 5 nitrogen and oxygen atoms in total. The van der Waals surface area contributed by atoms with Crippen molar-refractivity contribution >= 4 is 9.84 Å². The van der Waals surface area contributed by atoms with Crippen molar-refractivity contribution in [3.63, 3.8) is 0 Å². The van der Waals surface area contributed by atoms with E-state index in [-0.39, 0.29) is 11.4 Å². The fourth-order valence-electron chi connectivity index (χ4n) is 3.06. The van der Waals surface area contributed by atoms with Crippen LogP contribution in [0.5, 0.6) is 0 Å². The number of rotatable bonds is 3. The Morgan fingerprint density at radius 2 is 2.17 bits per heavy atom. The molecule has 1 saturated heterocycles. The fraction of sp³-hybridized carbons (Fsp3) is 1.00. The molecule has 3 unspecified atom stereocenters. The van der Waals surface area contributed by atoms with Crippen molar-refractivity contribution in [3.8, 4) is 0 Å². The molecule has 2 N–H and O–H groups in total. The lowest BCUT2D eigenvalue weighted by Gasteiger charge is -2.41. The third-order valence-corrected chi connectivity index (χ3v) is 5.79. The van der Waals surface area contributed by atoms with Gasteiger partial charge in [-0.2, -0.15) is 0 Å². The molecule has 0 aromatic rings. The van der Waals surface area contributed by atoms with Crippen LogP contribution >= 0.6 is 0 Å². The van der Waals surface area contributed by atoms with Crippen molar-refractivity contribution in [2.24, 2.45) is 5.73 Å². The Kier molecular flexibility index (Phi) is 4.64. The summed E-state index contributed by atoms with van der Waals surface area (Å²) < 4.78 is 28.9. The number of sulfone groups is 1. The Balaban J connectivity index is 1.96. The summed E-state index contributed by atoms with van der Waals surface area (Å²) in [4.78, 5) is 2.37. The zero-order valence-corrected chi connectivity index (χ0v) is 11.9. The minimum Gasteiger partial charge on any atom is -0.374 e. The lowest BCUT2D eigenvalue weighted by molar-refractivity contribution is -0.0432. The van der Waals surface area contributed by atoms with E-state index in [1.807, 2.05) is 0 Å². The van der Waals surface area contributed by atoms with Gasteiger partial charge in [-0.25, -0.2) is 8.42 Å². The minimum absolute atomic E-state index is 0.109. The van der Waals surface area contributed by atoms with E-state index in [9.17, 15) is 8.42 Å². The molecule has 1 heterocycles. The molecular formula is C12H24N2O3S. The molecule has 0 amide bonds. The Labute approximate surface area is 110 Å². The average Bonchev–Trinajstić information content (AvgIpc) is 2.38. The highest BCUT2D eigenvalue weighted by molar-refractivity contribution is 7.91. The summed E-state index contributed by atoms with van der Waals surface area (Å²) >= 11 is 0. The van der Waals surface area contributed by atoms with Crippen molar-refractivity contribution < 1.29 is 13.2 Å². The highest BCUT2D eigenvalue weighted by Crippen LogP contribution is 2.28. The molecule has 0 bridgehead atoms. The second-order valence-electron chi connectivity index (χ2n) is 5.50. The van der Waals surface area contributed by atoms with E-state index in [2.05, 4.69) is 4.90 Å². The second-order valence-corrected chi connectivity index (χ2v) is 7.82. The van der Waals surface area contributed by atoms with Gasteiger partial charge in [0, 0.05) is 31.9 Å². The number of nitrogens with two attached hydrogens (primary N) is 1. The Morgan fingerprint density at radius 1 is 1.39 bits per heavy atom. The quantitative estimate of drug-likeness (QED) is 0.785. The van der Waals surface area contributed by atoms with E-state index in [0.717, 1.165) is 38.8 Å². The molecule has 0 radical (unpaired) electrons. The molecule has 2 aliphatic rings. The molecule has 0 aromatic heterocycles. The summed E-state index contributed by atoms with van der Waals surface area (Å²) in [6.45, 7) is 3.00. The molecule has 0 aromatic carbocycles. The van der Waals surface area contributed by atoms with Gasteiger partial charge in [0.25, 0.3) is 0 Å². The maximum absolute atomic E-state index is 11.7. The van der Waals surface area contributed by atoms with Crippen LogP contribution in [0.25, 0.3) is 0 Å². The first kappa shape index (κ1) is 14.2. The molecule has 18 heavy (non-hydrogen) atoms. The Hall–Kier alpha value is -0.170. The van der Waals surface area contributed by atoms with Crippen LogP contribution in [0.1, 0.15) is 25.7 Å². The number of morpholine rings is 1. The zero-order valence-electron chi connectivity index (χ0n) is 11.0. The van der Waals surface area contributed by atoms with Crippen LogP contribution in [0.2, 0.25) is 0 Å². The van der Waals surface area contributed by atoms with E-state index in [4.69, 9.17) is 10.5 Å².